The lowest BCUT2D eigenvalue weighted by molar-refractivity contribution is 0.355. The van der Waals surface area contributed by atoms with E-state index in [1.807, 2.05) is 35.9 Å². The molecule has 0 amide bonds. The number of anilines is 1. The van der Waals surface area contributed by atoms with Gasteiger partial charge in [0.2, 0.25) is 0 Å². The fourth-order valence-corrected chi connectivity index (χ4v) is 3.51. The summed E-state index contributed by atoms with van der Waals surface area (Å²) in [7, 11) is 3.30. The molecule has 0 spiro atoms. The highest BCUT2D eigenvalue weighted by Crippen LogP contribution is 2.38. The van der Waals surface area contributed by atoms with Crippen LogP contribution in [0.5, 0.6) is 11.5 Å². The number of allylic oxidation sites excluding steroid dienone is 2. The third kappa shape index (κ3) is 3.28. The van der Waals surface area contributed by atoms with Gasteiger partial charge in [-0.2, -0.15) is 5.10 Å². The first kappa shape index (κ1) is 17.2. The lowest BCUT2D eigenvalue weighted by atomic mass is 10.0. The Morgan fingerprint density at radius 3 is 2.56 bits per heavy atom. The van der Waals surface area contributed by atoms with Gasteiger partial charge in [0.1, 0.15) is 5.82 Å². The van der Waals surface area contributed by atoms with Crippen molar-refractivity contribution < 1.29 is 9.47 Å². The zero-order valence-electron chi connectivity index (χ0n) is 15.8. The summed E-state index contributed by atoms with van der Waals surface area (Å²) in [5.41, 5.74) is 5.61. The number of methoxy groups -OCH3 is 2. The predicted octanol–water partition coefficient (Wildman–Crippen LogP) is 4.43. The van der Waals surface area contributed by atoms with Gasteiger partial charge in [-0.15, -0.1) is 0 Å². The zero-order valence-corrected chi connectivity index (χ0v) is 15.8. The Morgan fingerprint density at radius 2 is 1.81 bits per heavy atom. The molecule has 0 radical (unpaired) electrons. The Balaban J connectivity index is 1.67. The summed E-state index contributed by atoms with van der Waals surface area (Å²) < 4.78 is 12.8. The molecule has 1 aliphatic rings. The number of ether oxygens (including phenoxy) is 2. The van der Waals surface area contributed by atoms with Crippen LogP contribution in [0.2, 0.25) is 0 Å². The highest BCUT2D eigenvalue weighted by Gasteiger charge is 2.21. The Labute approximate surface area is 159 Å². The Kier molecular flexibility index (Phi) is 4.59. The van der Waals surface area contributed by atoms with Crippen molar-refractivity contribution in [2.45, 2.75) is 19.9 Å². The summed E-state index contributed by atoms with van der Waals surface area (Å²) in [5, 5.41) is 8.29. The maximum absolute atomic E-state index is 5.48. The van der Waals surface area contributed by atoms with Crippen molar-refractivity contribution in [3.8, 4) is 22.6 Å². The van der Waals surface area contributed by atoms with Crippen LogP contribution in [-0.4, -0.2) is 24.0 Å². The number of aromatic nitrogens is 2. The maximum Gasteiger partial charge on any atom is 0.161 e. The van der Waals surface area contributed by atoms with E-state index in [1.165, 1.54) is 11.3 Å². The number of nitrogens with zero attached hydrogens (tertiary/aromatic N) is 2. The van der Waals surface area contributed by atoms with Crippen molar-refractivity contribution in [1.82, 2.24) is 9.78 Å². The molecule has 4 rings (SSSR count). The van der Waals surface area contributed by atoms with Crippen molar-refractivity contribution in [2.75, 3.05) is 19.5 Å². The summed E-state index contributed by atoms with van der Waals surface area (Å²) >= 11 is 0. The number of nitrogens with one attached hydrogen (secondary N) is 1. The monoisotopic (exact) mass is 361 g/mol. The summed E-state index contributed by atoms with van der Waals surface area (Å²) in [5.74, 6) is 2.45. The van der Waals surface area contributed by atoms with E-state index in [2.05, 4.69) is 35.7 Å². The molecule has 5 nitrogen and oxygen atoms in total. The second-order valence-electron chi connectivity index (χ2n) is 6.58. The average molecular weight is 361 g/mol. The van der Waals surface area contributed by atoms with Gasteiger partial charge in [0.25, 0.3) is 0 Å². The minimum atomic E-state index is 0.713. The fraction of sp³-hybridized carbons (Fsp3) is 0.227. The van der Waals surface area contributed by atoms with Crippen LogP contribution in [0.25, 0.3) is 11.1 Å². The molecule has 2 aromatic carbocycles. The van der Waals surface area contributed by atoms with Crippen LogP contribution in [0, 0.1) is 6.92 Å². The van der Waals surface area contributed by atoms with Crippen LogP contribution in [0.3, 0.4) is 0 Å². The zero-order chi connectivity index (χ0) is 18.8. The van der Waals surface area contributed by atoms with Gasteiger partial charge in [-0.3, -0.25) is 0 Å². The van der Waals surface area contributed by atoms with Crippen LogP contribution in [0.15, 0.2) is 60.3 Å². The maximum atomic E-state index is 5.48. The first-order valence-corrected chi connectivity index (χ1v) is 8.99. The van der Waals surface area contributed by atoms with Gasteiger partial charge in [0, 0.05) is 17.7 Å². The number of hydrogen-bond acceptors (Lipinski definition) is 4. The second-order valence-corrected chi connectivity index (χ2v) is 6.58. The predicted molar refractivity (Wildman–Crippen MR) is 107 cm³/mol. The van der Waals surface area contributed by atoms with Crippen molar-refractivity contribution in [2.24, 2.45) is 0 Å². The topological polar surface area (TPSA) is 48.3 Å². The molecule has 0 atom stereocenters. The van der Waals surface area contributed by atoms with E-state index in [-0.39, 0.29) is 0 Å². The van der Waals surface area contributed by atoms with Gasteiger partial charge in [0.05, 0.1) is 26.5 Å². The van der Waals surface area contributed by atoms with E-state index in [0.29, 0.717) is 5.75 Å². The number of rotatable bonds is 5. The van der Waals surface area contributed by atoms with E-state index in [9.17, 15) is 0 Å². The molecule has 0 saturated heterocycles. The third-order valence-corrected chi connectivity index (χ3v) is 4.83. The lowest BCUT2D eigenvalue weighted by Crippen LogP contribution is -2.15. The molecule has 3 aromatic rings. The van der Waals surface area contributed by atoms with Gasteiger partial charge in [-0.1, -0.05) is 36.4 Å². The summed E-state index contributed by atoms with van der Waals surface area (Å²) in [6.07, 6.45) is 3.07. The number of aryl methyl sites for hydroxylation is 1. The van der Waals surface area contributed by atoms with Crippen molar-refractivity contribution >= 4 is 5.82 Å². The fourth-order valence-electron chi connectivity index (χ4n) is 3.51. The molecule has 0 saturated carbocycles. The van der Waals surface area contributed by atoms with Gasteiger partial charge in [-0.25, -0.2) is 4.68 Å². The average Bonchev–Trinajstić information content (AvgIpc) is 3.03. The van der Waals surface area contributed by atoms with Gasteiger partial charge in [-0.05, 0) is 36.3 Å². The molecular formula is C22H23N3O2. The molecule has 2 heterocycles. The summed E-state index contributed by atoms with van der Waals surface area (Å²) in [4.78, 5) is 0. The molecule has 0 fully saturated rings. The highest BCUT2D eigenvalue weighted by atomic mass is 16.5. The molecule has 1 aromatic heterocycles. The van der Waals surface area contributed by atoms with E-state index in [1.54, 1.807) is 14.2 Å². The van der Waals surface area contributed by atoms with Gasteiger partial charge >= 0.3 is 0 Å². The lowest BCUT2D eigenvalue weighted by Gasteiger charge is -2.19. The Bertz CT molecular complexity index is 990. The summed E-state index contributed by atoms with van der Waals surface area (Å²) in [6, 6.07) is 16.5. The smallest absolute Gasteiger partial charge is 0.161 e. The summed E-state index contributed by atoms with van der Waals surface area (Å²) in [6.45, 7) is 2.80. The SMILES string of the molecule is COc1ccc(-c2c(C)nn3c2NC(Cc2ccccc2)=CC3)cc1OC. The van der Waals surface area contributed by atoms with E-state index < -0.39 is 0 Å². The van der Waals surface area contributed by atoms with Crippen molar-refractivity contribution in [3.63, 3.8) is 0 Å². The number of fused-ring (bicyclic) bond motifs is 1. The largest absolute Gasteiger partial charge is 0.493 e. The Hall–Kier alpha value is -3.21. The third-order valence-electron chi connectivity index (χ3n) is 4.83. The molecule has 0 unspecified atom stereocenters. The van der Waals surface area contributed by atoms with Gasteiger partial charge < -0.3 is 14.8 Å². The molecule has 5 heteroatoms. The normalized spacial score (nSPS) is 12.8. The first-order valence-electron chi connectivity index (χ1n) is 8.99. The second kappa shape index (κ2) is 7.19. The molecule has 0 aliphatic carbocycles. The first-order chi connectivity index (χ1) is 13.2. The molecular weight excluding hydrogens is 338 g/mol. The van der Waals surface area contributed by atoms with Crippen molar-refractivity contribution in [1.29, 1.82) is 0 Å². The molecule has 0 bridgehead atoms. The van der Waals surface area contributed by atoms with Crippen LogP contribution in [0.1, 0.15) is 11.3 Å². The minimum Gasteiger partial charge on any atom is -0.493 e. The molecule has 27 heavy (non-hydrogen) atoms. The van der Waals surface area contributed by atoms with Crippen LogP contribution in [-0.2, 0) is 13.0 Å². The van der Waals surface area contributed by atoms with E-state index in [4.69, 9.17) is 14.6 Å². The quantitative estimate of drug-likeness (QED) is 0.730. The van der Waals surface area contributed by atoms with E-state index >= 15 is 0 Å². The Morgan fingerprint density at radius 1 is 1.04 bits per heavy atom. The van der Waals surface area contributed by atoms with E-state index in [0.717, 1.165) is 41.4 Å². The molecule has 1 aliphatic heterocycles. The van der Waals surface area contributed by atoms with Gasteiger partial charge in [0.15, 0.2) is 11.5 Å². The van der Waals surface area contributed by atoms with Crippen LogP contribution >= 0.6 is 0 Å². The molecule has 138 valence electrons. The van der Waals surface area contributed by atoms with Crippen LogP contribution in [0.4, 0.5) is 5.82 Å². The highest BCUT2D eigenvalue weighted by molar-refractivity contribution is 5.81. The van der Waals surface area contributed by atoms with Crippen molar-refractivity contribution in [3.05, 3.63) is 71.6 Å². The van der Waals surface area contributed by atoms with Crippen LogP contribution < -0.4 is 14.8 Å². The molecule has 1 N–H and O–H groups in total. The number of benzene rings is 2. The number of hydrogen-bond donors (Lipinski definition) is 1. The standard InChI is InChI=1S/C22H23N3O2/c1-15-21(17-9-10-19(26-2)20(14-17)27-3)22-23-18(11-12-25(22)24-15)13-16-7-5-4-6-8-16/h4-11,14,23H,12-13H2,1-3H3. The minimum absolute atomic E-state index is 0.713.